The molecule has 0 aromatic rings. The van der Waals surface area contributed by atoms with E-state index in [4.69, 9.17) is 5.11 Å². The molecular formula is C11H18O2. The minimum Gasteiger partial charge on any atom is -0.396 e. The first kappa shape index (κ1) is 12.1. The molecule has 0 aliphatic rings. The van der Waals surface area contributed by atoms with E-state index >= 15 is 0 Å². The SMILES string of the molecule is CCC[C@H](/C=C/C=C/C(C)=O)CO. The highest BCUT2D eigenvalue weighted by Crippen LogP contribution is 2.06. The summed E-state index contributed by atoms with van der Waals surface area (Å²) in [4.78, 5) is 10.5. The summed E-state index contributed by atoms with van der Waals surface area (Å²) in [5, 5.41) is 8.92. The Morgan fingerprint density at radius 1 is 1.46 bits per heavy atom. The molecule has 0 saturated carbocycles. The van der Waals surface area contributed by atoms with E-state index in [-0.39, 0.29) is 18.3 Å². The van der Waals surface area contributed by atoms with Crippen molar-refractivity contribution in [2.75, 3.05) is 6.61 Å². The van der Waals surface area contributed by atoms with Crippen LogP contribution >= 0.6 is 0 Å². The van der Waals surface area contributed by atoms with Gasteiger partial charge < -0.3 is 5.11 Å². The topological polar surface area (TPSA) is 37.3 Å². The first-order chi connectivity index (χ1) is 6.20. The molecule has 13 heavy (non-hydrogen) atoms. The molecule has 0 bridgehead atoms. The van der Waals surface area contributed by atoms with Crippen molar-refractivity contribution in [1.82, 2.24) is 0 Å². The summed E-state index contributed by atoms with van der Waals surface area (Å²) in [6.45, 7) is 3.78. The van der Waals surface area contributed by atoms with Crippen LogP contribution in [0, 0.1) is 5.92 Å². The lowest BCUT2D eigenvalue weighted by Gasteiger charge is -2.05. The number of aliphatic hydroxyl groups excluding tert-OH is 1. The van der Waals surface area contributed by atoms with Crippen molar-refractivity contribution in [3.63, 3.8) is 0 Å². The Morgan fingerprint density at radius 2 is 2.15 bits per heavy atom. The van der Waals surface area contributed by atoms with Crippen LogP contribution < -0.4 is 0 Å². The van der Waals surface area contributed by atoms with Gasteiger partial charge in [-0.2, -0.15) is 0 Å². The lowest BCUT2D eigenvalue weighted by atomic mass is 10.0. The van der Waals surface area contributed by atoms with E-state index in [0.29, 0.717) is 0 Å². The maximum atomic E-state index is 10.5. The highest BCUT2D eigenvalue weighted by molar-refractivity contribution is 5.87. The molecule has 2 nitrogen and oxygen atoms in total. The molecule has 0 saturated heterocycles. The third-order valence-electron chi connectivity index (χ3n) is 1.72. The first-order valence-corrected chi connectivity index (χ1v) is 4.67. The Labute approximate surface area is 80.0 Å². The molecule has 0 aliphatic heterocycles. The fourth-order valence-electron chi connectivity index (χ4n) is 1.03. The molecule has 0 unspecified atom stereocenters. The quantitative estimate of drug-likeness (QED) is 0.504. The molecule has 0 aromatic heterocycles. The van der Waals surface area contributed by atoms with Gasteiger partial charge >= 0.3 is 0 Å². The highest BCUT2D eigenvalue weighted by atomic mass is 16.3. The number of hydrogen-bond donors (Lipinski definition) is 1. The van der Waals surface area contributed by atoms with Crippen LogP contribution in [0.15, 0.2) is 24.3 Å². The van der Waals surface area contributed by atoms with E-state index in [9.17, 15) is 4.79 Å². The Morgan fingerprint density at radius 3 is 2.62 bits per heavy atom. The third-order valence-corrected chi connectivity index (χ3v) is 1.72. The number of aliphatic hydroxyl groups is 1. The second-order valence-electron chi connectivity index (χ2n) is 3.09. The molecule has 0 rings (SSSR count). The van der Waals surface area contributed by atoms with E-state index in [0.717, 1.165) is 12.8 Å². The van der Waals surface area contributed by atoms with Crippen molar-refractivity contribution < 1.29 is 9.90 Å². The Hall–Kier alpha value is -0.890. The van der Waals surface area contributed by atoms with Gasteiger partial charge in [0.15, 0.2) is 5.78 Å². The predicted molar refractivity (Wildman–Crippen MR) is 54.4 cm³/mol. The van der Waals surface area contributed by atoms with Crippen LogP contribution in [0.4, 0.5) is 0 Å². The first-order valence-electron chi connectivity index (χ1n) is 4.67. The van der Waals surface area contributed by atoms with Gasteiger partial charge in [0.1, 0.15) is 0 Å². The van der Waals surface area contributed by atoms with Crippen molar-refractivity contribution in [3.05, 3.63) is 24.3 Å². The summed E-state index contributed by atoms with van der Waals surface area (Å²) in [5.41, 5.74) is 0. The lowest BCUT2D eigenvalue weighted by Crippen LogP contribution is -2.00. The van der Waals surface area contributed by atoms with E-state index in [2.05, 4.69) is 6.92 Å². The van der Waals surface area contributed by atoms with Crippen LogP contribution in [0.1, 0.15) is 26.7 Å². The van der Waals surface area contributed by atoms with Gasteiger partial charge in [-0.3, -0.25) is 4.79 Å². The molecular weight excluding hydrogens is 164 g/mol. The highest BCUT2D eigenvalue weighted by Gasteiger charge is 1.98. The molecule has 0 spiro atoms. The minimum atomic E-state index is 0.0423. The number of carbonyl (C=O) groups is 1. The number of carbonyl (C=O) groups excluding carboxylic acids is 1. The zero-order chi connectivity index (χ0) is 10.1. The van der Waals surface area contributed by atoms with Gasteiger partial charge in [-0.1, -0.05) is 31.6 Å². The average Bonchev–Trinajstić information content (AvgIpc) is 2.10. The van der Waals surface area contributed by atoms with Crippen molar-refractivity contribution in [2.24, 2.45) is 5.92 Å². The molecule has 0 radical (unpaired) electrons. The van der Waals surface area contributed by atoms with Gasteiger partial charge in [-0.15, -0.1) is 0 Å². The van der Waals surface area contributed by atoms with Crippen molar-refractivity contribution >= 4 is 5.78 Å². The standard InChI is InChI=1S/C11H18O2/c1-3-6-11(9-12)8-5-4-7-10(2)13/h4-5,7-8,11-12H,3,6,9H2,1-2H3/b7-4+,8-5+/t11-/m1/s1. The average molecular weight is 182 g/mol. The van der Waals surface area contributed by atoms with Crippen LogP contribution in [0.25, 0.3) is 0 Å². The normalized spacial score (nSPS) is 14.1. The Bertz CT molecular complexity index is 192. The van der Waals surface area contributed by atoms with Gasteiger partial charge in [0.05, 0.1) is 0 Å². The summed E-state index contributed by atoms with van der Waals surface area (Å²) in [6.07, 6.45) is 9.02. The number of hydrogen-bond acceptors (Lipinski definition) is 2. The monoisotopic (exact) mass is 182 g/mol. The molecule has 0 aliphatic carbocycles. The minimum absolute atomic E-state index is 0.0423. The summed E-state index contributed by atoms with van der Waals surface area (Å²) in [7, 11) is 0. The Kier molecular flexibility index (Phi) is 7.21. The summed E-state index contributed by atoms with van der Waals surface area (Å²) in [5.74, 6) is 0.266. The molecule has 2 heteroatoms. The van der Waals surface area contributed by atoms with Crippen LogP contribution in [0.3, 0.4) is 0 Å². The zero-order valence-electron chi connectivity index (χ0n) is 8.36. The van der Waals surface area contributed by atoms with Crippen LogP contribution in [-0.4, -0.2) is 17.5 Å². The fourth-order valence-corrected chi connectivity index (χ4v) is 1.03. The van der Waals surface area contributed by atoms with Crippen LogP contribution in [0.5, 0.6) is 0 Å². The fraction of sp³-hybridized carbons (Fsp3) is 0.545. The van der Waals surface area contributed by atoms with E-state index < -0.39 is 0 Å². The van der Waals surface area contributed by atoms with E-state index in [1.165, 1.54) is 13.0 Å². The molecule has 1 atom stereocenters. The smallest absolute Gasteiger partial charge is 0.152 e. The summed E-state index contributed by atoms with van der Waals surface area (Å²) < 4.78 is 0. The molecule has 0 amide bonds. The van der Waals surface area contributed by atoms with Gasteiger partial charge in [0.2, 0.25) is 0 Å². The lowest BCUT2D eigenvalue weighted by molar-refractivity contribution is -0.112. The zero-order valence-corrected chi connectivity index (χ0v) is 8.36. The van der Waals surface area contributed by atoms with Crippen molar-refractivity contribution in [2.45, 2.75) is 26.7 Å². The molecule has 1 N–H and O–H groups in total. The van der Waals surface area contributed by atoms with Gasteiger partial charge in [0.25, 0.3) is 0 Å². The van der Waals surface area contributed by atoms with Crippen LogP contribution in [0.2, 0.25) is 0 Å². The Balaban J connectivity index is 3.85. The predicted octanol–water partition coefficient (Wildman–Crippen LogP) is 2.10. The van der Waals surface area contributed by atoms with Gasteiger partial charge in [0, 0.05) is 12.5 Å². The van der Waals surface area contributed by atoms with Gasteiger partial charge in [-0.25, -0.2) is 0 Å². The molecule has 0 aromatic carbocycles. The maximum Gasteiger partial charge on any atom is 0.152 e. The summed E-state index contributed by atoms with van der Waals surface area (Å²) in [6, 6.07) is 0. The molecule has 0 heterocycles. The molecule has 0 fully saturated rings. The summed E-state index contributed by atoms with van der Waals surface area (Å²) >= 11 is 0. The van der Waals surface area contributed by atoms with E-state index in [1.807, 2.05) is 12.2 Å². The number of ketones is 1. The van der Waals surface area contributed by atoms with Crippen molar-refractivity contribution in [3.8, 4) is 0 Å². The van der Waals surface area contributed by atoms with Gasteiger partial charge in [-0.05, 0) is 19.4 Å². The number of rotatable bonds is 6. The van der Waals surface area contributed by atoms with Crippen LogP contribution in [-0.2, 0) is 4.79 Å². The van der Waals surface area contributed by atoms with E-state index in [1.54, 1.807) is 6.08 Å². The number of allylic oxidation sites excluding steroid dienone is 3. The largest absolute Gasteiger partial charge is 0.396 e. The second-order valence-corrected chi connectivity index (χ2v) is 3.09. The maximum absolute atomic E-state index is 10.5. The molecule has 74 valence electrons. The third kappa shape index (κ3) is 7.47. The van der Waals surface area contributed by atoms with Crippen molar-refractivity contribution in [1.29, 1.82) is 0 Å². The second kappa shape index (κ2) is 7.74.